The molecule has 2 heterocycles. The summed E-state index contributed by atoms with van der Waals surface area (Å²) >= 11 is 4.92. The summed E-state index contributed by atoms with van der Waals surface area (Å²) < 4.78 is 40.2. The molecule has 0 spiro atoms. The van der Waals surface area contributed by atoms with E-state index in [1.807, 2.05) is 0 Å². The zero-order valence-corrected chi connectivity index (χ0v) is 19.6. The Morgan fingerprint density at radius 3 is 2.48 bits per heavy atom. The van der Waals surface area contributed by atoms with Crippen LogP contribution in [0.5, 0.6) is 0 Å². The van der Waals surface area contributed by atoms with E-state index in [1.165, 1.54) is 4.90 Å². The molecule has 12 heteroatoms. The first-order valence-electron chi connectivity index (χ1n) is 10.3. The lowest BCUT2D eigenvalue weighted by atomic mass is 10.2. The number of carbonyl (C=O) groups is 3. The summed E-state index contributed by atoms with van der Waals surface area (Å²) in [5, 5.41) is 2.89. The van der Waals surface area contributed by atoms with Crippen molar-refractivity contribution in [3.8, 4) is 0 Å². The van der Waals surface area contributed by atoms with Gasteiger partial charge in [0.05, 0.1) is 37.0 Å². The Morgan fingerprint density at radius 1 is 1.27 bits per heavy atom. The number of halogens is 2. The molecule has 0 radical (unpaired) electrons. The fourth-order valence-electron chi connectivity index (χ4n) is 3.52. The summed E-state index contributed by atoms with van der Waals surface area (Å²) in [6.07, 6.45) is -1.26. The minimum Gasteiger partial charge on any atom is -0.459 e. The van der Waals surface area contributed by atoms with E-state index in [0.717, 1.165) is 21.9 Å². The molecule has 33 heavy (non-hydrogen) atoms. The number of benzene rings is 1. The van der Waals surface area contributed by atoms with Gasteiger partial charge in [-0.2, -0.15) is 0 Å². The molecule has 1 N–H and O–H groups in total. The monoisotopic (exact) mass is 484 g/mol. The Hall–Kier alpha value is -3.02. The first-order chi connectivity index (χ1) is 15.3. The van der Waals surface area contributed by atoms with Crippen molar-refractivity contribution < 1.29 is 32.6 Å². The quantitative estimate of drug-likeness (QED) is 0.485. The number of carbonyl (C=O) groups excluding carboxylic acids is 3. The van der Waals surface area contributed by atoms with Crippen LogP contribution in [0.4, 0.5) is 25.0 Å². The second-order valence-corrected chi connectivity index (χ2v) is 9.44. The number of nitrogens with one attached hydrogen (secondary N) is 1. The maximum absolute atomic E-state index is 14.9. The summed E-state index contributed by atoms with van der Waals surface area (Å²) in [5.74, 6) is -2.97. The Balaban J connectivity index is 1.71. The molecule has 2 saturated heterocycles. The highest BCUT2D eigenvalue weighted by Gasteiger charge is 2.36. The molecule has 0 saturated carbocycles. The molecule has 1 atom stereocenters. The van der Waals surface area contributed by atoms with E-state index in [2.05, 4.69) is 5.32 Å². The van der Waals surface area contributed by atoms with Gasteiger partial charge in [-0.15, -0.1) is 0 Å². The van der Waals surface area contributed by atoms with Gasteiger partial charge < -0.3 is 24.6 Å². The van der Waals surface area contributed by atoms with E-state index in [0.29, 0.717) is 4.99 Å². The number of cyclic esters (lactones) is 1. The fraction of sp³-hybridized carbons (Fsp3) is 0.524. The van der Waals surface area contributed by atoms with E-state index >= 15 is 0 Å². The summed E-state index contributed by atoms with van der Waals surface area (Å²) in [6.45, 7) is 6.35. The number of esters is 1. The maximum Gasteiger partial charge on any atom is 0.414 e. The normalized spacial score (nSPS) is 18.6. The Bertz CT molecular complexity index is 961. The third kappa shape index (κ3) is 6.06. The number of hydrogen-bond donors (Lipinski definition) is 1. The number of ether oxygens (including phenoxy) is 2. The van der Waals surface area contributed by atoms with Crippen molar-refractivity contribution in [1.82, 2.24) is 10.2 Å². The van der Waals surface area contributed by atoms with Gasteiger partial charge in [0.15, 0.2) is 11.6 Å². The van der Waals surface area contributed by atoms with Gasteiger partial charge in [0.25, 0.3) is 0 Å². The zero-order chi connectivity index (χ0) is 24.5. The second-order valence-electron chi connectivity index (χ2n) is 8.83. The van der Waals surface area contributed by atoms with Crippen molar-refractivity contribution in [2.24, 2.45) is 0 Å². The molecule has 180 valence electrons. The lowest BCUT2D eigenvalue weighted by Crippen LogP contribution is -2.36. The highest BCUT2D eigenvalue weighted by atomic mass is 32.1. The third-order valence-corrected chi connectivity index (χ3v) is 4.99. The van der Waals surface area contributed by atoms with Crippen molar-refractivity contribution >= 4 is 46.6 Å². The van der Waals surface area contributed by atoms with Crippen LogP contribution < -0.4 is 15.1 Å². The summed E-state index contributed by atoms with van der Waals surface area (Å²) in [5.41, 5.74) is -1.14. The summed E-state index contributed by atoms with van der Waals surface area (Å²) in [6, 6.07) is 2.03. The Morgan fingerprint density at radius 2 is 1.91 bits per heavy atom. The molecule has 9 nitrogen and oxygen atoms in total. The first-order valence-corrected chi connectivity index (χ1v) is 10.7. The number of nitrogens with zero attached hydrogens (tertiary/aromatic N) is 3. The van der Waals surface area contributed by atoms with E-state index < -0.39 is 47.0 Å². The number of rotatable bonds is 6. The van der Waals surface area contributed by atoms with Gasteiger partial charge in [0.1, 0.15) is 23.9 Å². The molecule has 0 aromatic heterocycles. The molecular formula is C21H26F2N4O5S. The van der Waals surface area contributed by atoms with Crippen LogP contribution >= 0.6 is 12.2 Å². The van der Waals surface area contributed by atoms with Crippen LogP contribution in [0.3, 0.4) is 0 Å². The molecular weight excluding hydrogens is 458 g/mol. The number of hydrogen-bond acceptors (Lipinski definition) is 7. The smallest absolute Gasteiger partial charge is 0.414 e. The van der Waals surface area contributed by atoms with Gasteiger partial charge in [-0.05, 0) is 27.7 Å². The van der Waals surface area contributed by atoms with Crippen LogP contribution in [-0.2, 0) is 19.1 Å². The molecule has 0 aliphatic carbocycles. The van der Waals surface area contributed by atoms with Crippen LogP contribution in [0.15, 0.2) is 12.1 Å². The first kappa shape index (κ1) is 24.6. The minimum atomic E-state index is -0.943. The molecule has 0 bridgehead atoms. The Kier molecular flexibility index (Phi) is 7.06. The lowest BCUT2D eigenvalue weighted by molar-refractivity contribution is -0.157. The molecule has 2 amide bonds. The largest absolute Gasteiger partial charge is 0.459 e. The van der Waals surface area contributed by atoms with E-state index in [-0.39, 0.29) is 38.5 Å². The van der Waals surface area contributed by atoms with Crippen molar-refractivity contribution in [1.29, 1.82) is 0 Å². The van der Waals surface area contributed by atoms with Gasteiger partial charge in [0.2, 0.25) is 5.91 Å². The highest BCUT2D eigenvalue weighted by Crippen LogP contribution is 2.32. The highest BCUT2D eigenvalue weighted by molar-refractivity contribution is 7.80. The molecule has 0 unspecified atom stereocenters. The standard InChI is InChI=1S/C21H26F2N4O5S/c1-12(33)24-7-14-8-27(20(30)31-14)13-5-15(22)19(16(23)6-13)26-9-17(28)25(11-26)10-18(29)32-21(2,3)4/h5-6,14H,7-11H2,1-4H3,(H,24,33)/t14-/m0/s1. The van der Waals surface area contributed by atoms with Gasteiger partial charge in [0, 0.05) is 12.1 Å². The van der Waals surface area contributed by atoms with Crippen molar-refractivity contribution in [2.45, 2.75) is 39.4 Å². The summed E-state index contributed by atoms with van der Waals surface area (Å²) in [4.78, 5) is 40.5. The van der Waals surface area contributed by atoms with E-state index in [1.54, 1.807) is 27.7 Å². The molecule has 1 aromatic carbocycles. The van der Waals surface area contributed by atoms with Gasteiger partial charge in [-0.1, -0.05) is 12.2 Å². The molecule has 3 rings (SSSR count). The van der Waals surface area contributed by atoms with Crippen molar-refractivity contribution in [2.75, 3.05) is 42.6 Å². The summed E-state index contributed by atoms with van der Waals surface area (Å²) in [7, 11) is 0. The molecule has 2 aliphatic rings. The van der Waals surface area contributed by atoms with Gasteiger partial charge in [-0.3, -0.25) is 14.5 Å². The van der Waals surface area contributed by atoms with Crippen LogP contribution in [0, 0.1) is 11.6 Å². The molecule has 2 fully saturated rings. The maximum atomic E-state index is 14.9. The molecule has 2 aliphatic heterocycles. The number of anilines is 2. The lowest BCUT2D eigenvalue weighted by Gasteiger charge is -2.23. The fourth-order valence-corrected chi connectivity index (χ4v) is 3.61. The minimum absolute atomic E-state index is 0.00328. The predicted octanol–water partition coefficient (Wildman–Crippen LogP) is 2.17. The number of amides is 2. The Labute approximate surface area is 195 Å². The van der Waals surface area contributed by atoms with E-state index in [4.69, 9.17) is 21.7 Å². The topological polar surface area (TPSA) is 91.4 Å². The average Bonchev–Trinajstić information content (AvgIpc) is 3.20. The molecule has 1 aromatic rings. The second kappa shape index (κ2) is 9.46. The van der Waals surface area contributed by atoms with Crippen LogP contribution in [-0.4, -0.2) is 72.4 Å². The zero-order valence-electron chi connectivity index (χ0n) is 18.8. The van der Waals surface area contributed by atoms with Crippen LogP contribution in [0.1, 0.15) is 27.7 Å². The van der Waals surface area contributed by atoms with Crippen molar-refractivity contribution in [3.05, 3.63) is 23.8 Å². The average molecular weight is 485 g/mol. The third-order valence-electron chi connectivity index (χ3n) is 4.84. The van der Waals surface area contributed by atoms with E-state index in [9.17, 15) is 23.2 Å². The van der Waals surface area contributed by atoms with Gasteiger partial charge in [-0.25, -0.2) is 13.6 Å². The SMILES string of the molecule is CC(=S)NC[C@H]1CN(c2cc(F)c(N3CC(=O)N(CC(=O)OC(C)(C)C)C3)c(F)c2)C(=O)O1. The van der Waals surface area contributed by atoms with Gasteiger partial charge >= 0.3 is 12.1 Å². The van der Waals surface area contributed by atoms with Crippen LogP contribution in [0.2, 0.25) is 0 Å². The van der Waals surface area contributed by atoms with Crippen LogP contribution in [0.25, 0.3) is 0 Å². The predicted molar refractivity (Wildman–Crippen MR) is 120 cm³/mol. The van der Waals surface area contributed by atoms with Crippen molar-refractivity contribution in [3.63, 3.8) is 0 Å². The number of thiocarbonyl (C=S) groups is 1.